The van der Waals surface area contributed by atoms with Crippen molar-refractivity contribution in [3.63, 3.8) is 0 Å². The van der Waals surface area contributed by atoms with E-state index >= 15 is 0 Å². The number of rotatable bonds is 2. The van der Waals surface area contributed by atoms with Crippen LogP contribution < -0.4 is 5.90 Å². The average molecular weight is 197 g/mol. The third-order valence-electron chi connectivity index (χ3n) is 0.999. The third kappa shape index (κ3) is 4.98. The van der Waals surface area contributed by atoms with Gasteiger partial charge in [0.05, 0.1) is 6.61 Å². The zero-order chi connectivity index (χ0) is 6.53. The van der Waals surface area contributed by atoms with Gasteiger partial charge in [-0.25, -0.2) is 5.90 Å². The lowest BCUT2D eigenvalue weighted by molar-refractivity contribution is 0.124. The molecule has 1 aromatic rings. The molecule has 0 spiro atoms. The first-order valence-corrected chi connectivity index (χ1v) is 2.64. The molecule has 0 aliphatic carbocycles. The maximum atomic E-state index is 4.84. The fourth-order valence-electron chi connectivity index (χ4n) is 0.575. The maximum Gasteiger partial charge on any atom is 0.0931 e. The van der Waals surface area contributed by atoms with E-state index in [-0.39, 0.29) is 24.8 Å². The predicted octanol–water partition coefficient (Wildman–Crippen LogP) is 1.32. The number of halogens is 2. The number of aromatic nitrogens is 1. The summed E-state index contributed by atoms with van der Waals surface area (Å²) in [5.41, 5.74) is 1.03. The van der Waals surface area contributed by atoms with Crippen LogP contribution in [-0.2, 0) is 11.4 Å². The summed E-state index contributed by atoms with van der Waals surface area (Å²) in [5.74, 6) is 4.84. The summed E-state index contributed by atoms with van der Waals surface area (Å²) in [6, 6.07) is 3.71. The van der Waals surface area contributed by atoms with Crippen LogP contribution in [0.5, 0.6) is 0 Å². The van der Waals surface area contributed by atoms with Crippen molar-refractivity contribution in [2.45, 2.75) is 6.61 Å². The summed E-state index contributed by atoms with van der Waals surface area (Å²) in [6.07, 6.45) is 3.41. The highest BCUT2D eigenvalue weighted by atomic mass is 35.5. The number of hydrogen-bond donors (Lipinski definition) is 1. The summed E-state index contributed by atoms with van der Waals surface area (Å²) < 4.78 is 0. The summed E-state index contributed by atoms with van der Waals surface area (Å²) in [6.45, 7) is 0.447. The molecule has 2 N–H and O–H groups in total. The molecule has 0 aliphatic heterocycles. The number of pyridine rings is 1. The Morgan fingerprint density at radius 1 is 1.27 bits per heavy atom. The van der Waals surface area contributed by atoms with Gasteiger partial charge in [-0.2, -0.15) is 0 Å². The maximum absolute atomic E-state index is 4.84. The van der Waals surface area contributed by atoms with Crippen molar-refractivity contribution in [3.8, 4) is 0 Å². The molecular formula is C6H10Cl2N2O. The lowest BCUT2D eigenvalue weighted by Gasteiger charge is -1.94. The topological polar surface area (TPSA) is 48.1 Å². The Balaban J connectivity index is 0. The van der Waals surface area contributed by atoms with E-state index in [2.05, 4.69) is 9.82 Å². The normalized spacial score (nSPS) is 7.73. The molecule has 1 rings (SSSR count). The molecular weight excluding hydrogens is 187 g/mol. The molecule has 0 aromatic carbocycles. The standard InChI is InChI=1S/C6H8N2O.2ClH/c7-9-5-6-1-3-8-4-2-6;;/h1-4H,5,7H2;2*1H. The highest BCUT2D eigenvalue weighted by Crippen LogP contribution is 1.95. The minimum atomic E-state index is 0. The molecule has 1 aromatic heterocycles. The fraction of sp³-hybridized carbons (Fsp3) is 0.167. The summed E-state index contributed by atoms with van der Waals surface area (Å²) in [7, 11) is 0. The van der Waals surface area contributed by atoms with Crippen LogP contribution in [0.3, 0.4) is 0 Å². The van der Waals surface area contributed by atoms with Gasteiger partial charge in [0, 0.05) is 12.4 Å². The van der Waals surface area contributed by atoms with Crippen LogP contribution in [0.2, 0.25) is 0 Å². The molecule has 0 bridgehead atoms. The van der Waals surface area contributed by atoms with Crippen molar-refractivity contribution >= 4 is 24.8 Å². The van der Waals surface area contributed by atoms with E-state index in [0.29, 0.717) is 6.61 Å². The Bertz CT molecular complexity index is 171. The van der Waals surface area contributed by atoms with Crippen LogP contribution >= 0.6 is 24.8 Å². The van der Waals surface area contributed by atoms with Gasteiger partial charge in [-0.15, -0.1) is 24.8 Å². The zero-order valence-corrected chi connectivity index (χ0v) is 7.40. The fourth-order valence-corrected chi connectivity index (χ4v) is 0.575. The molecule has 11 heavy (non-hydrogen) atoms. The third-order valence-corrected chi connectivity index (χ3v) is 0.999. The largest absolute Gasteiger partial charge is 0.300 e. The molecule has 0 saturated carbocycles. The van der Waals surface area contributed by atoms with Gasteiger partial charge in [-0.3, -0.25) is 9.82 Å². The van der Waals surface area contributed by atoms with Gasteiger partial charge < -0.3 is 0 Å². The molecule has 0 unspecified atom stereocenters. The van der Waals surface area contributed by atoms with Gasteiger partial charge in [-0.05, 0) is 17.7 Å². The predicted molar refractivity (Wildman–Crippen MR) is 47.7 cm³/mol. The molecule has 64 valence electrons. The van der Waals surface area contributed by atoms with Crippen molar-refractivity contribution in [3.05, 3.63) is 30.1 Å². The highest BCUT2D eigenvalue weighted by Gasteiger charge is 1.85. The van der Waals surface area contributed by atoms with Crippen molar-refractivity contribution in [2.24, 2.45) is 5.90 Å². The van der Waals surface area contributed by atoms with Crippen LogP contribution in [0, 0.1) is 0 Å². The molecule has 3 nitrogen and oxygen atoms in total. The van der Waals surface area contributed by atoms with Gasteiger partial charge in [0.2, 0.25) is 0 Å². The number of hydrogen-bond acceptors (Lipinski definition) is 3. The molecule has 0 aliphatic rings. The quantitative estimate of drug-likeness (QED) is 0.727. The van der Waals surface area contributed by atoms with Crippen LogP contribution in [0.15, 0.2) is 24.5 Å². The summed E-state index contributed by atoms with van der Waals surface area (Å²) in [5, 5.41) is 0. The average Bonchev–Trinajstić information content (AvgIpc) is 1.91. The highest BCUT2D eigenvalue weighted by molar-refractivity contribution is 5.85. The van der Waals surface area contributed by atoms with Crippen LogP contribution in [0.4, 0.5) is 0 Å². The Labute approximate surface area is 77.7 Å². The van der Waals surface area contributed by atoms with Crippen molar-refractivity contribution in [1.29, 1.82) is 0 Å². The van der Waals surface area contributed by atoms with Crippen LogP contribution in [-0.4, -0.2) is 4.98 Å². The van der Waals surface area contributed by atoms with E-state index in [0.717, 1.165) is 5.56 Å². The monoisotopic (exact) mass is 196 g/mol. The van der Waals surface area contributed by atoms with Crippen molar-refractivity contribution < 1.29 is 4.84 Å². The van der Waals surface area contributed by atoms with E-state index in [4.69, 9.17) is 5.90 Å². The van der Waals surface area contributed by atoms with E-state index in [1.807, 2.05) is 12.1 Å². The second kappa shape index (κ2) is 7.75. The molecule has 5 heteroatoms. The van der Waals surface area contributed by atoms with Gasteiger partial charge in [0.25, 0.3) is 0 Å². The van der Waals surface area contributed by atoms with Crippen LogP contribution in [0.25, 0.3) is 0 Å². The molecule has 0 radical (unpaired) electrons. The Hall–Kier alpha value is -0.350. The SMILES string of the molecule is Cl.Cl.NOCc1ccncc1. The van der Waals surface area contributed by atoms with Gasteiger partial charge >= 0.3 is 0 Å². The van der Waals surface area contributed by atoms with E-state index in [1.165, 1.54) is 0 Å². The molecule has 0 atom stereocenters. The van der Waals surface area contributed by atoms with Crippen molar-refractivity contribution in [1.82, 2.24) is 4.98 Å². The Morgan fingerprint density at radius 3 is 2.27 bits per heavy atom. The summed E-state index contributed by atoms with van der Waals surface area (Å²) in [4.78, 5) is 8.23. The van der Waals surface area contributed by atoms with E-state index in [1.54, 1.807) is 12.4 Å². The minimum Gasteiger partial charge on any atom is -0.300 e. The number of nitrogens with two attached hydrogens (primary N) is 1. The molecule has 0 saturated heterocycles. The lowest BCUT2D eigenvalue weighted by atomic mass is 10.3. The molecule has 0 amide bonds. The van der Waals surface area contributed by atoms with E-state index < -0.39 is 0 Å². The summed E-state index contributed by atoms with van der Waals surface area (Å²) >= 11 is 0. The van der Waals surface area contributed by atoms with Gasteiger partial charge in [0.15, 0.2) is 0 Å². The zero-order valence-electron chi connectivity index (χ0n) is 5.77. The van der Waals surface area contributed by atoms with E-state index in [9.17, 15) is 0 Å². The first-order valence-electron chi connectivity index (χ1n) is 2.64. The number of nitrogens with zero attached hydrogens (tertiary/aromatic N) is 1. The first-order chi connectivity index (χ1) is 4.43. The lowest BCUT2D eigenvalue weighted by Crippen LogP contribution is -1.98. The van der Waals surface area contributed by atoms with Gasteiger partial charge in [-0.1, -0.05) is 0 Å². The second-order valence-electron chi connectivity index (χ2n) is 1.67. The van der Waals surface area contributed by atoms with Crippen LogP contribution in [0.1, 0.15) is 5.56 Å². The Kier molecular flexibility index (Phi) is 9.34. The Morgan fingerprint density at radius 2 is 1.82 bits per heavy atom. The second-order valence-corrected chi connectivity index (χ2v) is 1.67. The molecule has 1 heterocycles. The first kappa shape index (κ1) is 13.3. The smallest absolute Gasteiger partial charge is 0.0931 e. The van der Waals surface area contributed by atoms with Gasteiger partial charge in [0.1, 0.15) is 0 Å². The minimum absolute atomic E-state index is 0. The molecule has 0 fully saturated rings. The van der Waals surface area contributed by atoms with Crippen molar-refractivity contribution in [2.75, 3.05) is 0 Å².